The second kappa shape index (κ2) is 17.0. The van der Waals surface area contributed by atoms with Crippen molar-refractivity contribution in [3.05, 3.63) is 30.3 Å². The van der Waals surface area contributed by atoms with Gasteiger partial charge in [-0.1, -0.05) is 109 Å². The number of hydrogen-bond acceptors (Lipinski definition) is 4. The third kappa shape index (κ3) is 15.1. The van der Waals surface area contributed by atoms with Gasteiger partial charge in [0.1, 0.15) is 5.75 Å². The Morgan fingerprint density at radius 2 is 1.21 bits per heavy atom. The van der Waals surface area contributed by atoms with E-state index in [1.807, 2.05) is 0 Å². The number of para-hydroxylation sites is 1. The summed E-state index contributed by atoms with van der Waals surface area (Å²) in [5, 5.41) is 0. The Hall–Kier alpha value is -0.870. The van der Waals surface area contributed by atoms with Crippen LogP contribution in [0.5, 0.6) is 5.75 Å². The van der Waals surface area contributed by atoms with Gasteiger partial charge in [-0.2, -0.15) is 0 Å². The Labute approximate surface area is 171 Å². The highest BCUT2D eigenvalue weighted by molar-refractivity contribution is 7.47. The van der Waals surface area contributed by atoms with E-state index in [1.54, 1.807) is 30.3 Å². The van der Waals surface area contributed by atoms with E-state index >= 15 is 0 Å². The predicted molar refractivity (Wildman–Crippen MR) is 114 cm³/mol. The molecule has 1 rings (SSSR count). The molecule has 0 bridgehead atoms. The molecule has 0 saturated heterocycles. The van der Waals surface area contributed by atoms with Crippen LogP contribution in [0.1, 0.15) is 96.8 Å². The summed E-state index contributed by atoms with van der Waals surface area (Å²) in [4.78, 5) is 14.4. The molecule has 1 unspecified atom stereocenters. The average molecular weight is 415 g/mol. The van der Waals surface area contributed by atoms with Crippen molar-refractivity contribution in [2.24, 2.45) is 0 Å². The van der Waals surface area contributed by atoms with Gasteiger partial charge >= 0.3 is 7.82 Å². The lowest BCUT2D eigenvalue weighted by molar-refractivity contribution is -0.221. The largest absolute Gasteiger partial charge is 0.555 e. The van der Waals surface area contributed by atoms with Crippen molar-refractivity contribution in [2.75, 3.05) is 6.61 Å². The van der Waals surface area contributed by atoms with Crippen LogP contribution in [0.15, 0.2) is 30.3 Å². The third-order valence-electron chi connectivity index (χ3n) is 4.69. The van der Waals surface area contributed by atoms with Crippen LogP contribution in [-0.2, 0) is 14.1 Å². The fourth-order valence-electron chi connectivity index (χ4n) is 3.09. The van der Waals surface area contributed by atoms with Gasteiger partial charge in [-0.15, -0.1) is 4.67 Å². The van der Waals surface area contributed by atoms with E-state index in [1.165, 1.54) is 70.6 Å². The Morgan fingerprint density at radius 3 is 1.71 bits per heavy atom. The summed E-state index contributed by atoms with van der Waals surface area (Å²) in [6.45, 7) is 2.55. The van der Waals surface area contributed by atoms with Crippen molar-refractivity contribution in [3.63, 3.8) is 0 Å². The molecule has 1 atom stereocenters. The minimum Gasteiger partial charge on any atom is -0.403 e. The topological polar surface area (TPSA) is 65.0 Å². The van der Waals surface area contributed by atoms with Crippen molar-refractivity contribution < 1.29 is 23.5 Å². The van der Waals surface area contributed by atoms with Gasteiger partial charge in [0.15, 0.2) is 0 Å². The van der Waals surface area contributed by atoms with Gasteiger partial charge in [0.05, 0.1) is 6.61 Å². The summed E-state index contributed by atoms with van der Waals surface area (Å²) in [5.74, 6) is 0.272. The molecule has 1 N–H and O–H groups in total. The number of rotatable bonds is 19. The number of phosphoric ester groups is 1. The molecule has 1 aromatic rings. The minimum atomic E-state index is -4.22. The van der Waals surface area contributed by atoms with Gasteiger partial charge in [-0.3, -0.25) is 4.89 Å². The lowest BCUT2D eigenvalue weighted by Crippen LogP contribution is -2.00. The Kier molecular flexibility index (Phi) is 15.3. The van der Waals surface area contributed by atoms with E-state index in [0.717, 1.165) is 19.3 Å². The predicted octanol–water partition coefficient (Wildman–Crippen LogP) is 7.60. The van der Waals surface area contributed by atoms with Crippen molar-refractivity contribution in [3.8, 4) is 5.75 Å². The lowest BCUT2D eigenvalue weighted by atomic mass is 10.0. The van der Waals surface area contributed by atoms with Crippen LogP contribution in [0.25, 0.3) is 0 Å². The molecular formula is C22H39O5P. The molecule has 162 valence electrons. The molecule has 0 spiro atoms. The van der Waals surface area contributed by atoms with Gasteiger partial charge in [0, 0.05) is 0 Å². The summed E-state index contributed by atoms with van der Waals surface area (Å²) in [6, 6.07) is 8.39. The summed E-state index contributed by atoms with van der Waals surface area (Å²) in [5.41, 5.74) is 0. The van der Waals surface area contributed by atoms with Crippen LogP contribution in [0.3, 0.4) is 0 Å². The van der Waals surface area contributed by atoms with Crippen molar-refractivity contribution in [2.45, 2.75) is 96.8 Å². The van der Waals surface area contributed by atoms with Crippen LogP contribution in [-0.4, -0.2) is 11.5 Å². The molecule has 28 heavy (non-hydrogen) atoms. The molecule has 5 nitrogen and oxygen atoms in total. The molecule has 0 aliphatic heterocycles. The molecule has 0 fully saturated rings. The molecule has 0 amide bonds. The van der Waals surface area contributed by atoms with E-state index in [2.05, 4.69) is 11.6 Å². The number of phosphoric acid groups is 1. The first-order valence-electron chi connectivity index (χ1n) is 11.0. The second-order valence-corrected chi connectivity index (χ2v) is 8.63. The second-order valence-electron chi connectivity index (χ2n) is 7.37. The van der Waals surface area contributed by atoms with E-state index in [0.29, 0.717) is 6.61 Å². The molecule has 0 radical (unpaired) electrons. The first kappa shape index (κ1) is 25.2. The molecule has 1 aromatic carbocycles. The lowest BCUT2D eigenvalue weighted by Gasteiger charge is -2.11. The third-order valence-corrected chi connectivity index (χ3v) is 5.43. The standard InChI is InChI=1S/C22H39O5P/c1-2-3-4-5-6-7-8-9-10-11-12-13-14-18-21-25-27-28(23,24)26-22-19-16-15-17-20-22/h15-17,19-20H,2-14,18,21H2,1H3,(H,23,24). The van der Waals surface area contributed by atoms with Gasteiger partial charge in [0.2, 0.25) is 0 Å². The highest BCUT2D eigenvalue weighted by Crippen LogP contribution is 2.43. The number of benzene rings is 1. The van der Waals surface area contributed by atoms with E-state index in [9.17, 15) is 9.46 Å². The van der Waals surface area contributed by atoms with Crippen LogP contribution in [0.2, 0.25) is 0 Å². The summed E-state index contributed by atoms with van der Waals surface area (Å²) in [7, 11) is -4.22. The molecule has 0 heterocycles. The molecular weight excluding hydrogens is 375 g/mol. The van der Waals surface area contributed by atoms with Crippen LogP contribution in [0, 0.1) is 0 Å². The van der Waals surface area contributed by atoms with Crippen molar-refractivity contribution >= 4 is 7.82 Å². The van der Waals surface area contributed by atoms with Crippen molar-refractivity contribution in [1.82, 2.24) is 0 Å². The smallest absolute Gasteiger partial charge is 0.403 e. The number of unbranched alkanes of at least 4 members (excludes halogenated alkanes) is 13. The Bertz CT molecular complexity index is 509. The van der Waals surface area contributed by atoms with Gasteiger partial charge in [-0.05, 0) is 18.6 Å². The first-order valence-corrected chi connectivity index (χ1v) is 12.5. The first-order chi connectivity index (χ1) is 13.6. The van der Waals surface area contributed by atoms with Gasteiger partial charge < -0.3 is 4.52 Å². The summed E-state index contributed by atoms with van der Waals surface area (Å²) < 4.78 is 21.1. The van der Waals surface area contributed by atoms with E-state index in [4.69, 9.17) is 9.41 Å². The van der Waals surface area contributed by atoms with Crippen LogP contribution >= 0.6 is 7.82 Å². The van der Waals surface area contributed by atoms with Crippen LogP contribution < -0.4 is 4.52 Å². The Balaban J connectivity index is 1.83. The minimum absolute atomic E-state index is 0.272. The average Bonchev–Trinajstić information content (AvgIpc) is 2.68. The Morgan fingerprint density at radius 1 is 0.750 bits per heavy atom. The SMILES string of the molecule is CCCCCCCCCCCCCCCCOOP(=O)(O)Oc1ccccc1. The maximum Gasteiger partial charge on any atom is 0.555 e. The summed E-state index contributed by atoms with van der Waals surface area (Å²) in [6.07, 6.45) is 17.9. The molecule has 0 aromatic heterocycles. The fraction of sp³-hybridized carbons (Fsp3) is 0.727. The zero-order valence-corrected chi connectivity index (χ0v) is 18.4. The number of hydrogen-bond donors (Lipinski definition) is 1. The maximum absolute atomic E-state index is 11.7. The normalized spacial score (nSPS) is 13.4. The van der Waals surface area contributed by atoms with Crippen LogP contribution in [0.4, 0.5) is 0 Å². The highest BCUT2D eigenvalue weighted by Gasteiger charge is 2.24. The molecule has 0 saturated carbocycles. The molecule has 0 aliphatic carbocycles. The summed E-state index contributed by atoms with van der Waals surface area (Å²) >= 11 is 0. The van der Waals surface area contributed by atoms with Gasteiger partial charge in [-0.25, -0.2) is 9.45 Å². The molecule has 6 heteroatoms. The monoisotopic (exact) mass is 414 g/mol. The molecule has 0 aliphatic rings. The maximum atomic E-state index is 11.7. The fourth-order valence-corrected chi connectivity index (χ4v) is 3.72. The van der Waals surface area contributed by atoms with E-state index < -0.39 is 7.82 Å². The highest BCUT2D eigenvalue weighted by atomic mass is 31.2. The van der Waals surface area contributed by atoms with Crippen molar-refractivity contribution in [1.29, 1.82) is 0 Å². The van der Waals surface area contributed by atoms with E-state index in [-0.39, 0.29) is 5.75 Å². The zero-order valence-electron chi connectivity index (χ0n) is 17.5. The van der Waals surface area contributed by atoms with Gasteiger partial charge in [0.25, 0.3) is 0 Å². The zero-order chi connectivity index (χ0) is 20.3. The quantitative estimate of drug-likeness (QED) is 0.109.